The number of nitrogens with one attached hydrogen (secondary N) is 1. The smallest absolute Gasteiger partial charge is 0.335 e. The maximum atomic E-state index is 11.9. The number of anilines is 1. The molecular weight excluding hydrogens is 270 g/mol. The number of carbonyl (C=O) groups excluding carboxylic acids is 1. The third kappa shape index (κ3) is 3.60. The summed E-state index contributed by atoms with van der Waals surface area (Å²) >= 11 is 0. The Kier molecular flexibility index (Phi) is 4.23. The van der Waals surface area contributed by atoms with Gasteiger partial charge in [-0.25, -0.2) is 4.79 Å². The molecule has 0 aromatic heterocycles. The van der Waals surface area contributed by atoms with Gasteiger partial charge in [0.1, 0.15) is 5.75 Å². The normalized spacial score (nSPS) is 10.1. The molecule has 0 radical (unpaired) electrons. The van der Waals surface area contributed by atoms with Crippen LogP contribution in [0.1, 0.15) is 21.5 Å². The molecule has 0 bridgehead atoms. The number of phenolic OH excluding ortho intramolecular Hbond substituents is 1. The van der Waals surface area contributed by atoms with E-state index in [4.69, 9.17) is 5.11 Å². The Bertz CT molecular complexity index is 694. The van der Waals surface area contributed by atoms with Gasteiger partial charge < -0.3 is 15.5 Å². The molecule has 0 spiro atoms. The van der Waals surface area contributed by atoms with E-state index in [-0.39, 0.29) is 23.6 Å². The van der Waals surface area contributed by atoms with E-state index in [1.807, 2.05) is 0 Å². The number of phenols is 1. The van der Waals surface area contributed by atoms with Crippen molar-refractivity contribution in [3.05, 3.63) is 59.2 Å². The summed E-state index contributed by atoms with van der Waals surface area (Å²) in [5.74, 6) is -1.20. The number of aromatic carboxylic acids is 1. The minimum Gasteiger partial charge on any atom is -0.508 e. The molecule has 1 amide bonds. The van der Waals surface area contributed by atoms with Crippen LogP contribution in [-0.4, -0.2) is 22.1 Å². The fraction of sp³-hybridized carbons (Fsp3) is 0.125. The molecule has 0 aliphatic rings. The van der Waals surface area contributed by atoms with E-state index in [0.29, 0.717) is 16.8 Å². The molecule has 0 atom stereocenters. The number of para-hydroxylation sites is 1. The Morgan fingerprint density at radius 3 is 2.48 bits per heavy atom. The van der Waals surface area contributed by atoms with Crippen molar-refractivity contribution in [2.24, 2.45) is 0 Å². The summed E-state index contributed by atoms with van der Waals surface area (Å²) in [6.07, 6.45) is 0.0480. The van der Waals surface area contributed by atoms with E-state index >= 15 is 0 Å². The Morgan fingerprint density at radius 2 is 1.86 bits per heavy atom. The molecule has 0 saturated heterocycles. The number of hydrogen-bond donors (Lipinski definition) is 3. The number of carbonyl (C=O) groups is 2. The van der Waals surface area contributed by atoms with Gasteiger partial charge in [0.15, 0.2) is 0 Å². The predicted octanol–water partition coefficient (Wildman–Crippen LogP) is 2.58. The number of aryl methyl sites for hydroxylation is 1. The summed E-state index contributed by atoms with van der Waals surface area (Å²) in [7, 11) is 0. The molecule has 108 valence electrons. The van der Waals surface area contributed by atoms with E-state index < -0.39 is 5.97 Å². The van der Waals surface area contributed by atoms with Crippen molar-refractivity contribution in [2.45, 2.75) is 13.3 Å². The number of carboxylic acid groups (broad SMARTS) is 1. The fourth-order valence-electron chi connectivity index (χ4n) is 2.02. The lowest BCUT2D eigenvalue weighted by Crippen LogP contribution is -2.15. The third-order valence-electron chi connectivity index (χ3n) is 3.08. The molecule has 5 heteroatoms. The number of benzene rings is 2. The van der Waals surface area contributed by atoms with Crippen LogP contribution in [0.15, 0.2) is 42.5 Å². The van der Waals surface area contributed by atoms with Crippen LogP contribution < -0.4 is 5.32 Å². The summed E-state index contributed by atoms with van der Waals surface area (Å²) in [6.45, 7) is 1.67. The lowest BCUT2D eigenvalue weighted by atomic mass is 10.1. The topological polar surface area (TPSA) is 86.6 Å². The van der Waals surface area contributed by atoms with Crippen molar-refractivity contribution in [1.82, 2.24) is 0 Å². The van der Waals surface area contributed by atoms with E-state index in [9.17, 15) is 14.7 Å². The average Bonchev–Trinajstić information content (AvgIpc) is 2.41. The van der Waals surface area contributed by atoms with Crippen LogP contribution in [0.4, 0.5) is 5.69 Å². The van der Waals surface area contributed by atoms with Crippen LogP contribution in [0.25, 0.3) is 0 Å². The van der Waals surface area contributed by atoms with Crippen LogP contribution in [-0.2, 0) is 11.2 Å². The van der Waals surface area contributed by atoms with E-state index in [1.165, 1.54) is 12.1 Å². The summed E-state index contributed by atoms with van der Waals surface area (Å²) < 4.78 is 0. The molecule has 0 fully saturated rings. The molecule has 0 heterocycles. The molecule has 0 unspecified atom stereocenters. The van der Waals surface area contributed by atoms with Crippen molar-refractivity contribution < 1.29 is 19.8 Å². The summed E-state index contributed by atoms with van der Waals surface area (Å²) in [5, 5.41) is 21.3. The molecule has 5 nitrogen and oxygen atoms in total. The zero-order valence-electron chi connectivity index (χ0n) is 11.5. The van der Waals surface area contributed by atoms with Crippen LogP contribution in [0.2, 0.25) is 0 Å². The Hall–Kier alpha value is -2.82. The molecule has 0 saturated carbocycles. The van der Waals surface area contributed by atoms with Crippen molar-refractivity contribution in [3.8, 4) is 5.75 Å². The highest BCUT2D eigenvalue weighted by molar-refractivity contribution is 5.94. The summed E-state index contributed by atoms with van der Waals surface area (Å²) in [6, 6.07) is 11.2. The van der Waals surface area contributed by atoms with Crippen LogP contribution in [0.3, 0.4) is 0 Å². The van der Waals surface area contributed by atoms with Gasteiger partial charge in [-0.1, -0.05) is 18.2 Å². The molecule has 0 aliphatic heterocycles. The molecule has 2 aromatic carbocycles. The number of carboxylic acids is 1. The molecule has 3 N–H and O–H groups in total. The third-order valence-corrected chi connectivity index (χ3v) is 3.08. The largest absolute Gasteiger partial charge is 0.508 e. The van der Waals surface area contributed by atoms with Gasteiger partial charge in [0.05, 0.1) is 12.0 Å². The summed E-state index contributed by atoms with van der Waals surface area (Å²) in [4.78, 5) is 22.8. The monoisotopic (exact) mass is 285 g/mol. The number of aromatic hydroxyl groups is 1. The maximum absolute atomic E-state index is 11.9. The Morgan fingerprint density at radius 1 is 1.14 bits per heavy atom. The van der Waals surface area contributed by atoms with Gasteiger partial charge in [0, 0.05) is 11.3 Å². The van der Waals surface area contributed by atoms with Gasteiger partial charge in [0.2, 0.25) is 5.91 Å². The molecular formula is C16H15NO4. The quantitative estimate of drug-likeness (QED) is 0.805. The van der Waals surface area contributed by atoms with Gasteiger partial charge in [-0.15, -0.1) is 0 Å². The number of hydrogen-bond acceptors (Lipinski definition) is 3. The number of amides is 1. The first-order chi connectivity index (χ1) is 9.97. The van der Waals surface area contributed by atoms with Gasteiger partial charge in [0.25, 0.3) is 0 Å². The Labute approximate surface area is 121 Å². The molecule has 21 heavy (non-hydrogen) atoms. The second-order valence-corrected chi connectivity index (χ2v) is 4.69. The Balaban J connectivity index is 2.08. The second kappa shape index (κ2) is 6.09. The summed E-state index contributed by atoms with van der Waals surface area (Å²) in [5.41, 5.74) is 1.84. The van der Waals surface area contributed by atoms with E-state index in [2.05, 4.69) is 5.32 Å². The van der Waals surface area contributed by atoms with Gasteiger partial charge >= 0.3 is 5.97 Å². The zero-order chi connectivity index (χ0) is 15.4. The fourth-order valence-corrected chi connectivity index (χ4v) is 2.02. The van der Waals surface area contributed by atoms with Crippen molar-refractivity contribution in [3.63, 3.8) is 0 Å². The predicted molar refractivity (Wildman–Crippen MR) is 78.6 cm³/mol. The first-order valence-corrected chi connectivity index (χ1v) is 6.38. The molecule has 2 aromatic rings. The van der Waals surface area contributed by atoms with Crippen LogP contribution in [0.5, 0.6) is 5.75 Å². The zero-order valence-corrected chi connectivity index (χ0v) is 11.5. The SMILES string of the molecule is Cc1cc(NC(=O)Cc2ccccc2O)ccc1C(=O)O. The van der Waals surface area contributed by atoms with E-state index in [0.717, 1.165) is 0 Å². The van der Waals surface area contributed by atoms with Gasteiger partial charge in [-0.2, -0.15) is 0 Å². The minimum absolute atomic E-state index is 0.0480. The highest BCUT2D eigenvalue weighted by atomic mass is 16.4. The van der Waals surface area contributed by atoms with Crippen molar-refractivity contribution >= 4 is 17.6 Å². The number of rotatable bonds is 4. The van der Waals surface area contributed by atoms with Gasteiger partial charge in [-0.05, 0) is 36.8 Å². The second-order valence-electron chi connectivity index (χ2n) is 4.69. The lowest BCUT2D eigenvalue weighted by molar-refractivity contribution is -0.115. The first-order valence-electron chi connectivity index (χ1n) is 6.38. The highest BCUT2D eigenvalue weighted by Crippen LogP contribution is 2.18. The average molecular weight is 285 g/mol. The first kappa shape index (κ1) is 14.6. The van der Waals surface area contributed by atoms with Crippen LogP contribution in [0, 0.1) is 6.92 Å². The van der Waals surface area contributed by atoms with E-state index in [1.54, 1.807) is 37.3 Å². The van der Waals surface area contributed by atoms with Gasteiger partial charge in [-0.3, -0.25) is 4.79 Å². The highest BCUT2D eigenvalue weighted by Gasteiger charge is 2.10. The van der Waals surface area contributed by atoms with Crippen LogP contribution >= 0.6 is 0 Å². The molecule has 0 aliphatic carbocycles. The van der Waals surface area contributed by atoms with Crippen molar-refractivity contribution in [2.75, 3.05) is 5.32 Å². The van der Waals surface area contributed by atoms with Crippen molar-refractivity contribution in [1.29, 1.82) is 0 Å². The molecule has 2 rings (SSSR count). The standard InChI is InChI=1S/C16H15NO4/c1-10-8-12(6-7-13(10)16(20)21)17-15(19)9-11-4-2-3-5-14(11)18/h2-8,18H,9H2,1H3,(H,17,19)(H,20,21). The minimum atomic E-state index is -1.00. The maximum Gasteiger partial charge on any atom is 0.335 e. The lowest BCUT2D eigenvalue weighted by Gasteiger charge is -2.08.